The summed E-state index contributed by atoms with van der Waals surface area (Å²) in [6, 6.07) is 6.18. The number of carbonyl (C=O) groups is 1. The molecule has 0 bridgehead atoms. The third-order valence-electron chi connectivity index (χ3n) is 3.98. The number of hydrogen-bond donors (Lipinski definition) is 2. The Morgan fingerprint density at radius 3 is 2.58 bits per heavy atom. The molecule has 0 spiro atoms. The summed E-state index contributed by atoms with van der Waals surface area (Å²) in [7, 11) is 1.87. The number of benzene rings is 1. The summed E-state index contributed by atoms with van der Waals surface area (Å²) >= 11 is 0. The average Bonchev–Trinajstić information content (AvgIpc) is 2.39. The van der Waals surface area contributed by atoms with Crippen molar-refractivity contribution in [2.24, 2.45) is 0 Å². The van der Waals surface area contributed by atoms with Gasteiger partial charge in [-0.25, -0.2) is 0 Å². The monoisotopic (exact) mass is 263 g/mol. The summed E-state index contributed by atoms with van der Waals surface area (Å²) < 4.78 is 0. The Labute approximate surface area is 113 Å². The molecule has 1 aliphatic carbocycles. The summed E-state index contributed by atoms with van der Waals surface area (Å²) in [6.07, 6.45) is 5.69. The Morgan fingerprint density at radius 1 is 1.32 bits per heavy atom. The fraction of sp³-hybridized carbons (Fsp3) is 0.533. The predicted octanol–water partition coefficient (Wildman–Crippen LogP) is 2.78. The molecule has 1 aliphatic rings. The van der Waals surface area contributed by atoms with Gasteiger partial charge in [0.15, 0.2) is 0 Å². The van der Waals surface area contributed by atoms with E-state index in [2.05, 4.69) is 0 Å². The predicted molar refractivity (Wildman–Crippen MR) is 73.1 cm³/mol. The molecule has 1 unspecified atom stereocenters. The Kier molecular flexibility index (Phi) is 4.43. The summed E-state index contributed by atoms with van der Waals surface area (Å²) in [5.74, 6) is -0.750. The maximum atomic E-state index is 11.6. The highest BCUT2D eigenvalue weighted by Crippen LogP contribution is 2.30. The maximum Gasteiger partial charge on any atom is 0.325 e. The van der Waals surface area contributed by atoms with Crippen molar-refractivity contribution >= 4 is 5.97 Å². The van der Waals surface area contributed by atoms with Gasteiger partial charge >= 0.3 is 5.97 Å². The van der Waals surface area contributed by atoms with Gasteiger partial charge in [0.25, 0.3) is 0 Å². The maximum absolute atomic E-state index is 11.6. The van der Waals surface area contributed by atoms with Crippen molar-refractivity contribution in [1.82, 2.24) is 4.90 Å². The van der Waals surface area contributed by atoms with Crippen molar-refractivity contribution < 1.29 is 15.0 Å². The van der Waals surface area contributed by atoms with Crippen molar-refractivity contribution in [2.45, 2.75) is 44.2 Å². The van der Waals surface area contributed by atoms with Crippen LogP contribution < -0.4 is 0 Å². The Hall–Kier alpha value is -1.55. The first-order valence-corrected chi connectivity index (χ1v) is 6.83. The first kappa shape index (κ1) is 13.9. The van der Waals surface area contributed by atoms with Crippen LogP contribution in [0.15, 0.2) is 24.3 Å². The molecule has 0 aromatic heterocycles. The smallest absolute Gasteiger partial charge is 0.325 e. The molecule has 1 fully saturated rings. The molecule has 2 N–H and O–H groups in total. The van der Waals surface area contributed by atoms with Crippen molar-refractivity contribution in [2.75, 3.05) is 7.05 Å². The highest BCUT2D eigenvalue weighted by atomic mass is 16.4. The minimum atomic E-state index is -0.862. The second kappa shape index (κ2) is 6.06. The first-order chi connectivity index (χ1) is 9.09. The Bertz CT molecular complexity index is 441. The van der Waals surface area contributed by atoms with Gasteiger partial charge in [-0.3, -0.25) is 9.69 Å². The van der Waals surface area contributed by atoms with E-state index in [-0.39, 0.29) is 5.75 Å². The van der Waals surface area contributed by atoms with Crippen molar-refractivity contribution in [3.8, 4) is 5.75 Å². The summed E-state index contributed by atoms with van der Waals surface area (Å²) in [6.45, 7) is 0. The molecule has 104 valence electrons. The van der Waals surface area contributed by atoms with Crippen LogP contribution in [0.4, 0.5) is 0 Å². The number of rotatable bonds is 4. The lowest BCUT2D eigenvalue weighted by Gasteiger charge is -2.35. The molecule has 4 nitrogen and oxygen atoms in total. The highest BCUT2D eigenvalue weighted by Gasteiger charge is 2.30. The normalized spacial score (nSPS) is 18.4. The minimum absolute atomic E-state index is 0.112. The lowest BCUT2D eigenvalue weighted by atomic mass is 9.92. The van der Waals surface area contributed by atoms with Gasteiger partial charge in [-0.05, 0) is 37.6 Å². The van der Waals surface area contributed by atoms with E-state index in [0.29, 0.717) is 11.6 Å². The van der Waals surface area contributed by atoms with Crippen LogP contribution in [0.2, 0.25) is 0 Å². The molecule has 1 atom stereocenters. The molecule has 2 rings (SSSR count). The van der Waals surface area contributed by atoms with E-state index in [1.54, 1.807) is 18.2 Å². The van der Waals surface area contributed by atoms with Gasteiger partial charge in [0.05, 0.1) is 0 Å². The minimum Gasteiger partial charge on any atom is -0.508 e. The van der Waals surface area contributed by atoms with Gasteiger partial charge < -0.3 is 10.2 Å². The molecule has 0 heterocycles. The lowest BCUT2D eigenvalue weighted by molar-refractivity contribution is -0.144. The van der Waals surface area contributed by atoms with Gasteiger partial charge in [-0.1, -0.05) is 31.4 Å². The summed E-state index contributed by atoms with van der Waals surface area (Å²) in [5, 5.41) is 19.0. The van der Waals surface area contributed by atoms with Crippen LogP contribution in [-0.4, -0.2) is 34.2 Å². The van der Waals surface area contributed by atoms with Gasteiger partial charge in [-0.15, -0.1) is 0 Å². The molecule has 0 radical (unpaired) electrons. The number of hydrogen-bond acceptors (Lipinski definition) is 3. The molecule has 0 amide bonds. The third kappa shape index (κ3) is 3.26. The molecular formula is C15H21NO3. The van der Waals surface area contributed by atoms with Crippen molar-refractivity contribution in [3.63, 3.8) is 0 Å². The number of likely N-dealkylation sites (N-methyl/N-ethyl adjacent to an activating group) is 1. The number of carboxylic acids is 1. The van der Waals surface area contributed by atoms with Crippen LogP contribution in [0.3, 0.4) is 0 Å². The average molecular weight is 263 g/mol. The van der Waals surface area contributed by atoms with Crippen LogP contribution in [0.5, 0.6) is 5.75 Å². The molecule has 19 heavy (non-hydrogen) atoms. The van der Waals surface area contributed by atoms with Crippen LogP contribution >= 0.6 is 0 Å². The van der Waals surface area contributed by atoms with Gasteiger partial charge in [-0.2, -0.15) is 0 Å². The van der Waals surface area contributed by atoms with Crippen LogP contribution in [-0.2, 0) is 4.79 Å². The number of phenolic OH excluding ortho intramolecular Hbond substituents is 1. The number of phenols is 1. The van der Waals surface area contributed by atoms with Gasteiger partial charge in [0.2, 0.25) is 0 Å². The van der Waals surface area contributed by atoms with Crippen molar-refractivity contribution in [3.05, 3.63) is 29.8 Å². The van der Waals surface area contributed by atoms with E-state index in [1.165, 1.54) is 25.3 Å². The number of aliphatic carboxylic acids is 1. The highest BCUT2D eigenvalue weighted by molar-refractivity contribution is 5.75. The standard InChI is InChI=1S/C15H21NO3/c1-16(12-7-3-2-4-8-12)14(15(18)19)11-6-5-9-13(17)10-11/h5-6,9-10,12,14,17H,2-4,7-8H2,1H3,(H,18,19). The lowest BCUT2D eigenvalue weighted by Crippen LogP contribution is -2.40. The molecule has 0 saturated heterocycles. The Morgan fingerprint density at radius 2 is 2.00 bits per heavy atom. The number of carboxylic acid groups (broad SMARTS) is 1. The zero-order chi connectivity index (χ0) is 13.8. The first-order valence-electron chi connectivity index (χ1n) is 6.83. The SMILES string of the molecule is CN(C1CCCCC1)C(C(=O)O)c1cccc(O)c1. The van der Waals surface area contributed by atoms with Gasteiger partial charge in [0.1, 0.15) is 11.8 Å². The fourth-order valence-corrected chi connectivity index (χ4v) is 2.95. The van der Waals surface area contributed by atoms with E-state index in [0.717, 1.165) is 12.8 Å². The second-order valence-corrected chi connectivity index (χ2v) is 5.29. The Balaban J connectivity index is 2.21. The molecule has 0 aliphatic heterocycles. The van der Waals surface area contributed by atoms with E-state index in [4.69, 9.17) is 0 Å². The summed E-state index contributed by atoms with van der Waals surface area (Å²) in [5.41, 5.74) is 0.639. The molecule has 1 saturated carbocycles. The molecule has 1 aromatic carbocycles. The van der Waals surface area contributed by atoms with E-state index < -0.39 is 12.0 Å². The second-order valence-electron chi connectivity index (χ2n) is 5.29. The van der Waals surface area contributed by atoms with Crippen LogP contribution in [0, 0.1) is 0 Å². The van der Waals surface area contributed by atoms with Crippen LogP contribution in [0.1, 0.15) is 43.7 Å². The molecule has 4 heteroatoms. The number of nitrogens with zero attached hydrogens (tertiary/aromatic N) is 1. The van der Waals surface area contributed by atoms with E-state index >= 15 is 0 Å². The van der Waals surface area contributed by atoms with E-state index in [1.807, 2.05) is 11.9 Å². The topological polar surface area (TPSA) is 60.8 Å². The van der Waals surface area contributed by atoms with E-state index in [9.17, 15) is 15.0 Å². The number of aromatic hydroxyl groups is 1. The van der Waals surface area contributed by atoms with Gasteiger partial charge in [0, 0.05) is 6.04 Å². The summed E-state index contributed by atoms with van der Waals surface area (Å²) in [4.78, 5) is 13.5. The fourth-order valence-electron chi connectivity index (χ4n) is 2.95. The largest absolute Gasteiger partial charge is 0.508 e. The zero-order valence-electron chi connectivity index (χ0n) is 11.2. The third-order valence-corrected chi connectivity index (χ3v) is 3.98. The molecule has 1 aromatic rings. The quantitative estimate of drug-likeness (QED) is 0.877. The van der Waals surface area contributed by atoms with Crippen molar-refractivity contribution in [1.29, 1.82) is 0 Å². The van der Waals surface area contributed by atoms with Crippen LogP contribution in [0.25, 0.3) is 0 Å². The zero-order valence-corrected chi connectivity index (χ0v) is 11.2. The molecular weight excluding hydrogens is 242 g/mol.